The largest absolute Gasteiger partial charge is 0.353 e. The molecule has 0 bridgehead atoms. The highest BCUT2D eigenvalue weighted by Gasteiger charge is 2.30. The van der Waals surface area contributed by atoms with Crippen LogP contribution in [0.2, 0.25) is 0 Å². The van der Waals surface area contributed by atoms with Crippen molar-refractivity contribution >= 4 is 17.7 Å². The third-order valence-electron chi connectivity index (χ3n) is 3.80. The van der Waals surface area contributed by atoms with Crippen LogP contribution in [0.15, 0.2) is 5.16 Å². The molecule has 0 unspecified atom stereocenters. The summed E-state index contributed by atoms with van der Waals surface area (Å²) in [4.78, 5) is 11.9. The van der Waals surface area contributed by atoms with Gasteiger partial charge in [0, 0.05) is 12.1 Å². The standard InChI is InChI=1S/C13H20N4OS/c1-8(10-3-4-10)14-12(18)7-19-13-16-15-9(2)17(13)11-5-6-11/h8,10-11H,3-7H2,1-2H3,(H,14,18)/t8-/m1/s1. The van der Waals surface area contributed by atoms with E-state index in [1.165, 1.54) is 37.4 Å². The molecule has 6 heteroatoms. The molecule has 1 aromatic heterocycles. The summed E-state index contributed by atoms with van der Waals surface area (Å²) in [7, 11) is 0. The molecule has 0 radical (unpaired) electrons. The lowest BCUT2D eigenvalue weighted by molar-refractivity contribution is -0.119. The van der Waals surface area contributed by atoms with Gasteiger partial charge in [-0.15, -0.1) is 10.2 Å². The fourth-order valence-corrected chi connectivity index (χ4v) is 3.20. The molecule has 0 spiro atoms. The number of aromatic nitrogens is 3. The number of amides is 1. The van der Waals surface area contributed by atoms with Crippen molar-refractivity contribution in [2.45, 2.75) is 56.8 Å². The second kappa shape index (κ2) is 5.15. The molecule has 1 heterocycles. The summed E-state index contributed by atoms with van der Waals surface area (Å²) in [5.41, 5.74) is 0. The first kappa shape index (κ1) is 13.0. The van der Waals surface area contributed by atoms with E-state index < -0.39 is 0 Å². The predicted octanol–water partition coefficient (Wildman–Crippen LogP) is 1.93. The summed E-state index contributed by atoms with van der Waals surface area (Å²) in [6.45, 7) is 4.07. The average molecular weight is 280 g/mol. The molecule has 2 aliphatic carbocycles. The second-order valence-electron chi connectivity index (χ2n) is 5.61. The molecule has 1 atom stereocenters. The Morgan fingerprint density at radius 1 is 1.42 bits per heavy atom. The normalized spacial score (nSPS) is 20.3. The number of rotatable bonds is 6. The zero-order valence-electron chi connectivity index (χ0n) is 11.4. The lowest BCUT2D eigenvalue weighted by Crippen LogP contribution is -2.35. The van der Waals surface area contributed by atoms with Crippen LogP contribution in [0.25, 0.3) is 0 Å². The zero-order valence-corrected chi connectivity index (χ0v) is 12.2. The first-order valence-electron chi connectivity index (χ1n) is 6.99. The maximum Gasteiger partial charge on any atom is 0.230 e. The Hall–Kier alpha value is -1.04. The van der Waals surface area contributed by atoms with Gasteiger partial charge in [0.1, 0.15) is 5.82 Å². The molecule has 0 saturated heterocycles. The van der Waals surface area contributed by atoms with E-state index in [1.54, 1.807) is 0 Å². The Morgan fingerprint density at radius 2 is 2.16 bits per heavy atom. The summed E-state index contributed by atoms with van der Waals surface area (Å²) in [6.07, 6.45) is 4.92. The minimum Gasteiger partial charge on any atom is -0.353 e. The van der Waals surface area contributed by atoms with Gasteiger partial charge >= 0.3 is 0 Å². The smallest absolute Gasteiger partial charge is 0.230 e. The van der Waals surface area contributed by atoms with Crippen molar-refractivity contribution in [3.63, 3.8) is 0 Å². The topological polar surface area (TPSA) is 59.8 Å². The molecular formula is C13H20N4OS. The number of hydrogen-bond acceptors (Lipinski definition) is 4. The molecule has 2 aliphatic rings. The van der Waals surface area contributed by atoms with Crippen LogP contribution in [0.1, 0.15) is 44.5 Å². The van der Waals surface area contributed by atoms with Crippen LogP contribution < -0.4 is 5.32 Å². The van der Waals surface area contributed by atoms with Crippen molar-refractivity contribution in [1.29, 1.82) is 0 Å². The van der Waals surface area contributed by atoms with Crippen LogP contribution in [0.5, 0.6) is 0 Å². The number of thioether (sulfide) groups is 1. The van der Waals surface area contributed by atoms with Gasteiger partial charge in [-0.05, 0) is 45.4 Å². The van der Waals surface area contributed by atoms with E-state index in [2.05, 4.69) is 27.0 Å². The molecule has 104 valence electrons. The molecule has 5 nitrogen and oxygen atoms in total. The van der Waals surface area contributed by atoms with E-state index >= 15 is 0 Å². The number of hydrogen-bond donors (Lipinski definition) is 1. The quantitative estimate of drug-likeness (QED) is 0.809. The van der Waals surface area contributed by atoms with Crippen LogP contribution in [0.4, 0.5) is 0 Å². The highest BCUT2D eigenvalue weighted by molar-refractivity contribution is 7.99. The lowest BCUT2D eigenvalue weighted by atomic mass is 10.2. The summed E-state index contributed by atoms with van der Waals surface area (Å²) in [5, 5.41) is 12.2. The van der Waals surface area contributed by atoms with Crippen molar-refractivity contribution < 1.29 is 4.79 Å². The number of nitrogens with zero attached hydrogens (tertiary/aromatic N) is 3. The fraction of sp³-hybridized carbons (Fsp3) is 0.769. The average Bonchev–Trinajstić information content (AvgIpc) is 3.25. The summed E-state index contributed by atoms with van der Waals surface area (Å²) in [5.74, 6) is 2.19. The molecule has 1 aromatic rings. The minimum absolute atomic E-state index is 0.104. The van der Waals surface area contributed by atoms with Crippen molar-refractivity contribution in [3.8, 4) is 0 Å². The van der Waals surface area contributed by atoms with Gasteiger partial charge in [-0.25, -0.2) is 0 Å². The third-order valence-corrected chi connectivity index (χ3v) is 4.74. The highest BCUT2D eigenvalue weighted by atomic mass is 32.2. The van der Waals surface area contributed by atoms with Gasteiger partial charge in [-0.1, -0.05) is 11.8 Å². The van der Waals surface area contributed by atoms with E-state index in [9.17, 15) is 4.79 Å². The predicted molar refractivity (Wildman–Crippen MR) is 74.1 cm³/mol. The van der Waals surface area contributed by atoms with Gasteiger partial charge < -0.3 is 9.88 Å². The molecule has 0 aliphatic heterocycles. The van der Waals surface area contributed by atoms with Crippen LogP contribution >= 0.6 is 11.8 Å². The highest BCUT2D eigenvalue weighted by Crippen LogP contribution is 2.38. The maximum atomic E-state index is 11.9. The first-order chi connectivity index (χ1) is 9.15. The Kier molecular flexibility index (Phi) is 3.52. The SMILES string of the molecule is Cc1nnc(SCC(=O)N[C@H](C)C2CC2)n1C1CC1. The molecule has 3 rings (SSSR count). The van der Waals surface area contributed by atoms with Gasteiger partial charge in [0.05, 0.1) is 5.75 Å². The van der Waals surface area contributed by atoms with Crippen LogP contribution in [-0.4, -0.2) is 32.5 Å². The van der Waals surface area contributed by atoms with Crippen molar-refractivity contribution in [2.24, 2.45) is 5.92 Å². The number of nitrogens with one attached hydrogen (secondary N) is 1. The first-order valence-corrected chi connectivity index (χ1v) is 7.97. The van der Waals surface area contributed by atoms with Crippen molar-refractivity contribution in [1.82, 2.24) is 20.1 Å². The molecule has 2 saturated carbocycles. The van der Waals surface area contributed by atoms with Gasteiger partial charge in [-0.2, -0.15) is 0 Å². The lowest BCUT2D eigenvalue weighted by Gasteiger charge is -2.12. The fourth-order valence-electron chi connectivity index (χ4n) is 2.34. The molecule has 0 aromatic carbocycles. The van der Waals surface area contributed by atoms with Crippen LogP contribution in [0.3, 0.4) is 0 Å². The van der Waals surface area contributed by atoms with E-state index in [0.717, 1.165) is 11.0 Å². The summed E-state index contributed by atoms with van der Waals surface area (Å²) >= 11 is 1.50. The molecule has 1 amide bonds. The third kappa shape index (κ3) is 3.11. The Morgan fingerprint density at radius 3 is 2.79 bits per heavy atom. The zero-order chi connectivity index (χ0) is 13.4. The van der Waals surface area contributed by atoms with Crippen molar-refractivity contribution in [3.05, 3.63) is 5.82 Å². The number of carbonyl (C=O) groups excluding carboxylic acids is 1. The van der Waals surface area contributed by atoms with Gasteiger partial charge in [0.2, 0.25) is 5.91 Å². The number of aryl methyl sites for hydroxylation is 1. The van der Waals surface area contributed by atoms with E-state index in [0.29, 0.717) is 23.8 Å². The van der Waals surface area contributed by atoms with E-state index in [4.69, 9.17) is 0 Å². The number of carbonyl (C=O) groups is 1. The summed E-state index contributed by atoms with van der Waals surface area (Å²) in [6, 6.07) is 0.877. The molecule has 2 fully saturated rings. The Labute approximate surface area is 117 Å². The molecule has 1 N–H and O–H groups in total. The van der Waals surface area contributed by atoms with Gasteiger partial charge in [0.25, 0.3) is 0 Å². The van der Waals surface area contributed by atoms with Crippen LogP contribution in [-0.2, 0) is 4.79 Å². The van der Waals surface area contributed by atoms with Crippen molar-refractivity contribution in [2.75, 3.05) is 5.75 Å². The monoisotopic (exact) mass is 280 g/mol. The minimum atomic E-state index is 0.104. The van der Waals surface area contributed by atoms with E-state index in [1.807, 2.05) is 6.92 Å². The Bertz CT molecular complexity index is 479. The van der Waals surface area contributed by atoms with Gasteiger partial charge in [0.15, 0.2) is 5.16 Å². The van der Waals surface area contributed by atoms with Gasteiger partial charge in [-0.3, -0.25) is 4.79 Å². The second-order valence-corrected chi connectivity index (χ2v) is 6.56. The molecule has 19 heavy (non-hydrogen) atoms. The Balaban J connectivity index is 1.52. The maximum absolute atomic E-state index is 11.9. The van der Waals surface area contributed by atoms with Crippen LogP contribution in [0, 0.1) is 12.8 Å². The van der Waals surface area contributed by atoms with E-state index in [-0.39, 0.29) is 5.91 Å². The molecular weight excluding hydrogens is 260 g/mol. The summed E-state index contributed by atoms with van der Waals surface area (Å²) < 4.78 is 2.17.